The zero-order chi connectivity index (χ0) is 21.8. The van der Waals surface area contributed by atoms with Gasteiger partial charge in [0.25, 0.3) is 5.91 Å². The van der Waals surface area contributed by atoms with Crippen molar-refractivity contribution in [2.75, 3.05) is 36.5 Å². The maximum atomic E-state index is 13.6. The summed E-state index contributed by atoms with van der Waals surface area (Å²) in [4.78, 5) is 24.6. The number of aromatic nitrogens is 2. The van der Waals surface area contributed by atoms with Crippen LogP contribution in [0.4, 0.5) is 11.8 Å². The predicted octanol–water partition coefficient (Wildman–Crippen LogP) is 3.51. The third-order valence-corrected chi connectivity index (χ3v) is 6.36. The fourth-order valence-corrected chi connectivity index (χ4v) is 4.02. The Kier molecular flexibility index (Phi) is 6.70. The minimum atomic E-state index is -0.0187. The van der Waals surface area contributed by atoms with E-state index in [1.165, 1.54) is 0 Å². The van der Waals surface area contributed by atoms with E-state index in [0.717, 1.165) is 43.7 Å². The van der Waals surface area contributed by atoms with Gasteiger partial charge in [0, 0.05) is 30.8 Å². The number of piperidine rings is 1. The van der Waals surface area contributed by atoms with E-state index in [-0.39, 0.29) is 11.9 Å². The molecule has 31 heavy (non-hydrogen) atoms. The average Bonchev–Trinajstić information content (AvgIpc) is 3.26. The summed E-state index contributed by atoms with van der Waals surface area (Å²) in [6.45, 7) is 9.76. The van der Waals surface area contributed by atoms with Crippen molar-refractivity contribution in [3.05, 3.63) is 41.6 Å². The first-order valence-electron chi connectivity index (χ1n) is 11.4. The second-order valence-electron chi connectivity index (χ2n) is 8.95. The Morgan fingerprint density at radius 3 is 2.84 bits per heavy atom. The molecular formula is C24H33N5O2. The Bertz CT molecular complexity index is 911. The number of nitrogens with one attached hydrogen (secondary N) is 2. The number of amides is 1. The molecule has 1 saturated heterocycles. The fourth-order valence-electron chi connectivity index (χ4n) is 4.02. The Labute approximate surface area is 184 Å². The van der Waals surface area contributed by atoms with Crippen molar-refractivity contribution in [2.45, 2.75) is 46.1 Å². The van der Waals surface area contributed by atoms with Crippen LogP contribution >= 0.6 is 0 Å². The molecule has 3 heterocycles. The lowest BCUT2D eigenvalue weighted by atomic mass is 9.97. The molecule has 166 valence electrons. The highest BCUT2D eigenvalue weighted by Crippen LogP contribution is 2.28. The second-order valence-corrected chi connectivity index (χ2v) is 8.95. The van der Waals surface area contributed by atoms with E-state index < -0.39 is 0 Å². The molecule has 2 aliphatic rings. The van der Waals surface area contributed by atoms with Crippen molar-refractivity contribution >= 4 is 17.7 Å². The van der Waals surface area contributed by atoms with Gasteiger partial charge in [0.2, 0.25) is 5.95 Å². The molecule has 7 nitrogen and oxygen atoms in total. The van der Waals surface area contributed by atoms with Crippen molar-refractivity contribution in [1.82, 2.24) is 15.3 Å². The van der Waals surface area contributed by atoms with Crippen LogP contribution in [0, 0.1) is 11.8 Å². The molecule has 0 spiro atoms. The topological polar surface area (TPSA) is 79.4 Å². The highest BCUT2D eigenvalue weighted by molar-refractivity contribution is 6.05. The number of ether oxygens (including phenoxy) is 1. The highest BCUT2D eigenvalue weighted by atomic mass is 16.5. The number of nitrogens with zero attached hydrogens (tertiary/aromatic N) is 3. The fraction of sp³-hybridized carbons (Fsp3) is 0.542. The van der Waals surface area contributed by atoms with Crippen LogP contribution in [0.15, 0.2) is 30.5 Å². The Balaban J connectivity index is 1.62. The average molecular weight is 424 g/mol. The largest absolute Gasteiger partial charge is 0.493 e. The second kappa shape index (κ2) is 9.64. The smallest absolute Gasteiger partial charge is 0.259 e. The summed E-state index contributed by atoms with van der Waals surface area (Å²) in [7, 11) is 0. The van der Waals surface area contributed by atoms with Gasteiger partial charge in [-0.2, -0.15) is 4.98 Å². The van der Waals surface area contributed by atoms with Crippen LogP contribution in [-0.4, -0.2) is 48.2 Å². The van der Waals surface area contributed by atoms with Crippen LogP contribution in [0.3, 0.4) is 0 Å². The van der Waals surface area contributed by atoms with Crippen molar-refractivity contribution in [3.8, 4) is 5.75 Å². The van der Waals surface area contributed by atoms with Crippen LogP contribution in [0.25, 0.3) is 0 Å². The number of hydrogen-bond acceptors (Lipinski definition) is 6. The van der Waals surface area contributed by atoms with Crippen LogP contribution in [0.1, 0.15) is 49.5 Å². The molecule has 2 aliphatic heterocycles. The lowest BCUT2D eigenvalue weighted by Crippen LogP contribution is -2.40. The summed E-state index contributed by atoms with van der Waals surface area (Å²) in [5.74, 6) is 2.97. The molecule has 1 amide bonds. The standard InChI is InChI=1S/C24H33N5O2/c1-16(2)17(3)27-24-26-12-8-22(28-24)29(15-18-6-10-25-11-7-18)23(30)20-4-5-21-19(14-20)9-13-31-21/h4-5,8,12,14,16-18,25H,6-7,9-11,13,15H2,1-3H3,(H,26,27,28). The Hall–Kier alpha value is -2.67. The van der Waals surface area contributed by atoms with E-state index in [1.54, 1.807) is 6.20 Å². The molecule has 7 heteroatoms. The third kappa shape index (κ3) is 5.15. The number of rotatable bonds is 7. The van der Waals surface area contributed by atoms with Gasteiger partial charge in [-0.15, -0.1) is 0 Å². The van der Waals surface area contributed by atoms with E-state index in [9.17, 15) is 4.79 Å². The van der Waals surface area contributed by atoms with Crippen LogP contribution < -0.4 is 20.3 Å². The Morgan fingerprint density at radius 1 is 1.26 bits per heavy atom. The van der Waals surface area contributed by atoms with Gasteiger partial charge in [0.15, 0.2) is 0 Å². The molecule has 2 N–H and O–H groups in total. The third-order valence-electron chi connectivity index (χ3n) is 6.36. The molecular weight excluding hydrogens is 390 g/mol. The van der Waals surface area contributed by atoms with E-state index in [1.807, 2.05) is 29.2 Å². The molecule has 1 unspecified atom stereocenters. The lowest BCUT2D eigenvalue weighted by molar-refractivity contribution is 0.0980. The molecule has 0 bridgehead atoms. The molecule has 4 rings (SSSR count). The summed E-state index contributed by atoms with van der Waals surface area (Å²) in [5.41, 5.74) is 1.78. The normalized spacial score (nSPS) is 17.2. The first-order chi connectivity index (χ1) is 15.0. The minimum Gasteiger partial charge on any atom is -0.493 e. The van der Waals surface area contributed by atoms with Crippen molar-refractivity contribution in [3.63, 3.8) is 0 Å². The Morgan fingerprint density at radius 2 is 2.06 bits per heavy atom. The van der Waals surface area contributed by atoms with Gasteiger partial charge >= 0.3 is 0 Å². The maximum absolute atomic E-state index is 13.6. The SMILES string of the molecule is CC(C)C(C)Nc1nccc(N(CC2CCNCC2)C(=O)c2ccc3c(c2)CCO3)n1. The number of fused-ring (bicyclic) bond motifs is 1. The van der Waals surface area contributed by atoms with Crippen LogP contribution in [0.5, 0.6) is 5.75 Å². The van der Waals surface area contributed by atoms with Gasteiger partial charge in [0.1, 0.15) is 11.6 Å². The zero-order valence-corrected chi connectivity index (χ0v) is 18.7. The van der Waals surface area contributed by atoms with Crippen LogP contribution in [0.2, 0.25) is 0 Å². The minimum absolute atomic E-state index is 0.0187. The summed E-state index contributed by atoms with van der Waals surface area (Å²) >= 11 is 0. The number of benzene rings is 1. The summed E-state index contributed by atoms with van der Waals surface area (Å²) in [6.07, 6.45) is 4.70. The summed E-state index contributed by atoms with van der Waals surface area (Å²) in [6, 6.07) is 7.82. The van der Waals surface area contributed by atoms with Gasteiger partial charge in [0.05, 0.1) is 6.61 Å². The molecule has 1 aromatic heterocycles. The van der Waals surface area contributed by atoms with Gasteiger partial charge in [-0.05, 0) is 74.5 Å². The lowest BCUT2D eigenvalue weighted by Gasteiger charge is -2.30. The van der Waals surface area contributed by atoms with Gasteiger partial charge in [-0.25, -0.2) is 4.98 Å². The maximum Gasteiger partial charge on any atom is 0.259 e. The molecule has 1 atom stereocenters. The summed E-state index contributed by atoms with van der Waals surface area (Å²) in [5, 5.41) is 6.77. The van der Waals surface area contributed by atoms with Crippen molar-refractivity contribution in [1.29, 1.82) is 0 Å². The van der Waals surface area contributed by atoms with Crippen molar-refractivity contribution in [2.24, 2.45) is 11.8 Å². The first-order valence-corrected chi connectivity index (χ1v) is 11.4. The predicted molar refractivity (Wildman–Crippen MR) is 123 cm³/mol. The van der Waals surface area contributed by atoms with E-state index in [0.29, 0.717) is 42.3 Å². The zero-order valence-electron chi connectivity index (χ0n) is 18.7. The van der Waals surface area contributed by atoms with Gasteiger partial charge < -0.3 is 15.4 Å². The van der Waals surface area contributed by atoms with E-state index in [2.05, 4.69) is 36.4 Å². The molecule has 2 aromatic rings. The molecule has 0 radical (unpaired) electrons. The molecule has 0 saturated carbocycles. The molecule has 1 fully saturated rings. The van der Waals surface area contributed by atoms with E-state index in [4.69, 9.17) is 9.72 Å². The van der Waals surface area contributed by atoms with Gasteiger partial charge in [-0.1, -0.05) is 13.8 Å². The van der Waals surface area contributed by atoms with Crippen molar-refractivity contribution < 1.29 is 9.53 Å². The van der Waals surface area contributed by atoms with E-state index >= 15 is 0 Å². The highest BCUT2D eigenvalue weighted by Gasteiger charge is 2.26. The summed E-state index contributed by atoms with van der Waals surface area (Å²) < 4.78 is 5.61. The number of anilines is 2. The first kappa shape index (κ1) is 21.6. The number of carbonyl (C=O) groups excluding carboxylic acids is 1. The number of hydrogen-bond donors (Lipinski definition) is 2. The monoisotopic (exact) mass is 423 g/mol. The molecule has 0 aliphatic carbocycles. The molecule has 1 aromatic carbocycles. The quantitative estimate of drug-likeness (QED) is 0.709. The van der Waals surface area contributed by atoms with Gasteiger partial charge in [-0.3, -0.25) is 9.69 Å². The van der Waals surface area contributed by atoms with Crippen LogP contribution in [-0.2, 0) is 6.42 Å². The number of carbonyl (C=O) groups is 1.